The van der Waals surface area contributed by atoms with Gasteiger partial charge in [0.2, 0.25) is 0 Å². The van der Waals surface area contributed by atoms with Gasteiger partial charge in [-0.25, -0.2) is 0 Å². The lowest BCUT2D eigenvalue weighted by Gasteiger charge is -2.42. The van der Waals surface area contributed by atoms with Crippen LogP contribution in [0.2, 0.25) is 5.02 Å². The molecule has 0 radical (unpaired) electrons. The van der Waals surface area contributed by atoms with Crippen LogP contribution in [0.4, 0.5) is 5.69 Å². The molecule has 0 saturated carbocycles. The highest BCUT2D eigenvalue weighted by Gasteiger charge is 2.38. The van der Waals surface area contributed by atoms with Crippen LogP contribution in [0, 0.1) is 5.92 Å². The molecule has 2 heterocycles. The Morgan fingerprint density at radius 2 is 2.07 bits per heavy atom. The Kier molecular flexibility index (Phi) is 5.65. The molecule has 2 aliphatic heterocycles. The van der Waals surface area contributed by atoms with Gasteiger partial charge in [-0.15, -0.1) is 0 Å². The number of fused-ring (bicyclic) bond motifs is 5. The highest BCUT2D eigenvalue weighted by Crippen LogP contribution is 2.48. The van der Waals surface area contributed by atoms with E-state index >= 15 is 0 Å². The molecule has 28 heavy (non-hydrogen) atoms. The molecule has 2 aliphatic rings. The summed E-state index contributed by atoms with van der Waals surface area (Å²) in [6.45, 7) is 6.18. The number of ether oxygens (including phenoxy) is 1. The largest absolute Gasteiger partial charge is 0.455 e. The van der Waals surface area contributed by atoms with Crippen LogP contribution in [0.25, 0.3) is 0 Å². The summed E-state index contributed by atoms with van der Waals surface area (Å²) in [5, 5.41) is 8.36. The van der Waals surface area contributed by atoms with Crippen molar-refractivity contribution in [3.05, 3.63) is 53.1 Å². The van der Waals surface area contributed by atoms with E-state index in [2.05, 4.69) is 41.5 Å². The number of benzene rings is 2. The minimum absolute atomic E-state index is 0.128. The molecule has 4 nitrogen and oxygen atoms in total. The maximum Gasteiger partial charge on any atom is 0.166 e. The third-order valence-electron chi connectivity index (χ3n) is 5.31. The van der Waals surface area contributed by atoms with Crippen molar-refractivity contribution < 1.29 is 4.74 Å². The van der Waals surface area contributed by atoms with Crippen molar-refractivity contribution in [3.8, 4) is 11.5 Å². The van der Waals surface area contributed by atoms with Gasteiger partial charge in [0.1, 0.15) is 5.75 Å². The van der Waals surface area contributed by atoms with Crippen LogP contribution in [-0.2, 0) is 0 Å². The fraction of sp³-hybridized carbons (Fsp3) is 0.409. The molecule has 4 rings (SSSR count). The number of piperidine rings is 1. The molecule has 148 valence electrons. The third kappa shape index (κ3) is 3.91. The predicted molar refractivity (Wildman–Crippen MR) is 120 cm³/mol. The molecule has 2 atom stereocenters. The first-order valence-electron chi connectivity index (χ1n) is 9.90. The predicted octanol–water partition coefficient (Wildman–Crippen LogP) is 5.28. The second-order valence-corrected chi connectivity index (χ2v) is 8.73. The lowest BCUT2D eigenvalue weighted by atomic mass is 9.89. The first-order chi connectivity index (χ1) is 13.5. The van der Waals surface area contributed by atoms with E-state index in [0.29, 0.717) is 5.92 Å². The van der Waals surface area contributed by atoms with E-state index in [1.54, 1.807) is 0 Å². The zero-order chi connectivity index (χ0) is 19.7. The standard InChI is InChI=1S/C22H26ClN3OS/c1-14(2)13-24-22(28)25-17-7-5-11-26-18-12-15(23)9-10-20(18)27-19-8-4-3-6-16(19)21(17)26/h3-4,6,8-10,12,14,17,21H,5,7,11,13H2,1-2H3,(H2,24,25,28)/t17-,21+/m0/s1. The first kappa shape index (κ1) is 19.3. The molecule has 1 fully saturated rings. The fourth-order valence-electron chi connectivity index (χ4n) is 4.06. The van der Waals surface area contributed by atoms with Gasteiger partial charge in [-0.05, 0) is 55.2 Å². The molecular formula is C22H26ClN3OS. The zero-order valence-corrected chi connectivity index (χ0v) is 17.8. The van der Waals surface area contributed by atoms with Gasteiger partial charge >= 0.3 is 0 Å². The Morgan fingerprint density at radius 3 is 2.89 bits per heavy atom. The van der Waals surface area contributed by atoms with Crippen molar-refractivity contribution in [3.63, 3.8) is 0 Å². The smallest absolute Gasteiger partial charge is 0.166 e. The molecule has 0 amide bonds. The molecule has 0 aliphatic carbocycles. The maximum atomic E-state index is 6.34. The molecule has 0 unspecified atom stereocenters. The average Bonchev–Trinajstić information content (AvgIpc) is 2.81. The molecule has 1 saturated heterocycles. The molecular weight excluding hydrogens is 390 g/mol. The van der Waals surface area contributed by atoms with Gasteiger partial charge in [0.05, 0.1) is 17.8 Å². The molecule has 2 aromatic rings. The van der Waals surface area contributed by atoms with Crippen molar-refractivity contribution in [2.75, 3.05) is 18.0 Å². The highest BCUT2D eigenvalue weighted by atomic mass is 35.5. The number of halogens is 1. The summed E-state index contributed by atoms with van der Waals surface area (Å²) in [5.41, 5.74) is 2.22. The van der Waals surface area contributed by atoms with Crippen LogP contribution in [0.3, 0.4) is 0 Å². The van der Waals surface area contributed by atoms with Gasteiger partial charge in [-0.2, -0.15) is 0 Å². The van der Waals surface area contributed by atoms with E-state index in [-0.39, 0.29) is 12.1 Å². The summed E-state index contributed by atoms with van der Waals surface area (Å²) in [7, 11) is 0. The van der Waals surface area contributed by atoms with Gasteiger partial charge in [0.15, 0.2) is 10.9 Å². The summed E-state index contributed by atoms with van der Waals surface area (Å²) in [5.74, 6) is 2.29. The monoisotopic (exact) mass is 415 g/mol. The van der Waals surface area contributed by atoms with Crippen LogP contribution in [0.1, 0.15) is 38.3 Å². The second kappa shape index (κ2) is 8.18. The van der Waals surface area contributed by atoms with E-state index in [1.807, 2.05) is 30.3 Å². The van der Waals surface area contributed by atoms with Crippen LogP contribution in [-0.4, -0.2) is 24.2 Å². The number of nitrogens with zero attached hydrogens (tertiary/aromatic N) is 1. The molecule has 0 bridgehead atoms. The molecule has 0 spiro atoms. The first-order valence-corrected chi connectivity index (χ1v) is 10.7. The quantitative estimate of drug-likeness (QED) is 0.667. The summed E-state index contributed by atoms with van der Waals surface area (Å²) in [6, 6.07) is 14.5. The zero-order valence-electron chi connectivity index (χ0n) is 16.2. The van der Waals surface area contributed by atoms with Crippen molar-refractivity contribution in [1.29, 1.82) is 0 Å². The van der Waals surface area contributed by atoms with Gasteiger partial charge in [-0.1, -0.05) is 43.6 Å². The van der Waals surface area contributed by atoms with Crippen molar-refractivity contribution in [2.45, 2.75) is 38.8 Å². The Morgan fingerprint density at radius 1 is 1.25 bits per heavy atom. The van der Waals surface area contributed by atoms with Crippen molar-refractivity contribution in [1.82, 2.24) is 10.6 Å². The Bertz CT molecular complexity index is 873. The van der Waals surface area contributed by atoms with E-state index in [1.165, 1.54) is 5.56 Å². The summed E-state index contributed by atoms with van der Waals surface area (Å²) >= 11 is 11.9. The number of thiocarbonyl (C=S) groups is 1. The van der Waals surface area contributed by atoms with Gasteiger partial charge < -0.3 is 20.3 Å². The summed E-state index contributed by atoms with van der Waals surface area (Å²) in [4.78, 5) is 2.42. The molecule has 2 aromatic carbocycles. The lowest BCUT2D eigenvalue weighted by molar-refractivity contribution is 0.380. The third-order valence-corrected chi connectivity index (χ3v) is 5.80. The average molecular weight is 416 g/mol. The number of hydrogen-bond acceptors (Lipinski definition) is 3. The van der Waals surface area contributed by atoms with E-state index in [9.17, 15) is 0 Å². The van der Waals surface area contributed by atoms with Gasteiger partial charge in [0.25, 0.3) is 0 Å². The molecule has 0 aromatic heterocycles. The SMILES string of the molecule is CC(C)CNC(=S)N[C@H]1CCCN2c3cc(Cl)ccc3Oc3ccccc3[C@H]12. The minimum atomic E-state index is 0.128. The van der Waals surface area contributed by atoms with Crippen LogP contribution in [0.5, 0.6) is 11.5 Å². The number of para-hydroxylation sites is 1. The van der Waals surface area contributed by atoms with Crippen molar-refractivity contribution in [2.24, 2.45) is 5.92 Å². The Labute approximate surface area is 177 Å². The van der Waals surface area contributed by atoms with Crippen LogP contribution < -0.4 is 20.3 Å². The Hall–Kier alpha value is -1.98. The maximum absolute atomic E-state index is 6.34. The number of anilines is 1. The summed E-state index contributed by atoms with van der Waals surface area (Å²) < 4.78 is 6.31. The van der Waals surface area contributed by atoms with Gasteiger partial charge in [0, 0.05) is 23.7 Å². The van der Waals surface area contributed by atoms with E-state index in [0.717, 1.165) is 53.3 Å². The minimum Gasteiger partial charge on any atom is -0.455 e. The number of nitrogens with one attached hydrogen (secondary N) is 2. The highest BCUT2D eigenvalue weighted by molar-refractivity contribution is 7.80. The number of hydrogen-bond donors (Lipinski definition) is 2. The van der Waals surface area contributed by atoms with Gasteiger partial charge in [-0.3, -0.25) is 0 Å². The van der Waals surface area contributed by atoms with E-state index in [4.69, 9.17) is 28.6 Å². The Balaban J connectivity index is 1.70. The lowest BCUT2D eigenvalue weighted by Crippen LogP contribution is -2.52. The van der Waals surface area contributed by atoms with Crippen LogP contribution in [0.15, 0.2) is 42.5 Å². The fourth-order valence-corrected chi connectivity index (χ4v) is 4.46. The van der Waals surface area contributed by atoms with E-state index < -0.39 is 0 Å². The van der Waals surface area contributed by atoms with Crippen molar-refractivity contribution >= 4 is 34.6 Å². The normalized spacial score (nSPS) is 20.4. The number of rotatable bonds is 3. The van der Waals surface area contributed by atoms with Crippen LogP contribution >= 0.6 is 23.8 Å². The topological polar surface area (TPSA) is 36.5 Å². The molecule has 2 N–H and O–H groups in total. The molecule has 6 heteroatoms. The second-order valence-electron chi connectivity index (χ2n) is 7.89. The summed E-state index contributed by atoms with van der Waals surface area (Å²) in [6.07, 6.45) is 2.13.